The number of nitrogens with zero attached hydrogens (tertiary/aromatic N) is 2. The van der Waals surface area contributed by atoms with E-state index >= 15 is 0 Å². The molecule has 0 bridgehead atoms. The minimum absolute atomic E-state index is 0.261. The molecule has 0 unspecified atom stereocenters. The van der Waals surface area contributed by atoms with E-state index in [1.807, 2.05) is 39.0 Å². The van der Waals surface area contributed by atoms with E-state index in [9.17, 15) is 13.2 Å². The largest absolute Gasteiger partial charge is 0.334 e. The summed E-state index contributed by atoms with van der Waals surface area (Å²) in [6.07, 6.45) is 0. The van der Waals surface area contributed by atoms with Crippen molar-refractivity contribution in [1.82, 2.24) is 19.8 Å². The topological polar surface area (TPSA) is 81.8 Å². The molecule has 0 fully saturated rings. The third-order valence-electron chi connectivity index (χ3n) is 5.92. The van der Waals surface area contributed by atoms with Gasteiger partial charge in [0.25, 0.3) is 0 Å². The van der Waals surface area contributed by atoms with Gasteiger partial charge in [-0.25, -0.2) is 13.2 Å². The summed E-state index contributed by atoms with van der Waals surface area (Å²) >= 11 is 0. The Morgan fingerprint density at radius 2 is 1.45 bits per heavy atom. The van der Waals surface area contributed by atoms with E-state index in [1.165, 1.54) is 9.87 Å². The van der Waals surface area contributed by atoms with E-state index in [-0.39, 0.29) is 17.0 Å². The van der Waals surface area contributed by atoms with Crippen molar-refractivity contribution in [2.75, 3.05) is 26.2 Å². The Hall–Kier alpha value is -2.42. The number of sulfonamides is 1. The van der Waals surface area contributed by atoms with E-state index in [2.05, 4.69) is 35.4 Å². The number of urea groups is 1. The highest BCUT2D eigenvalue weighted by Gasteiger charge is 2.21. The maximum absolute atomic E-state index is 12.6. The molecule has 0 aromatic heterocycles. The minimum Gasteiger partial charge on any atom is -0.334 e. The number of carbonyl (C=O) groups excluding carboxylic acids is 1. The maximum atomic E-state index is 12.6. The molecule has 33 heavy (non-hydrogen) atoms. The molecule has 2 rings (SSSR count). The molecule has 2 amide bonds. The second kappa shape index (κ2) is 12.7. The van der Waals surface area contributed by atoms with Crippen molar-refractivity contribution in [2.45, 2.75) is 58.6 Å². The molecule has 0 spiro atoms. The summed E-state index contributed by atoms with van der Waals surface area (Å²) in [4.78, 5) is 15.1. The fourth-order valence-corrected chi connectivity index (χ4v) is 5.18. The number of hydrogen-bond donors (Lipinski definition) is 2. The van der Waals surface area contributed by atoms with Gasteiger partial charge in [-0.2, -0.15) is 4.31 Å². The lowest BCUT2D eigenvalue weighted by molar-refractivity contribution is 0.237. The molecule has 0 aliphatic heterocycles. The van der Waals surface area contributed by atoms with Crippen LogP contribution in [0, 0.1) is 0 Å². The highest BCUT2D eigenvalue weighted by molar-refractivity contribution is 7.89. The highest BCUT2D eigenvalue weighted by Crippen LogP contribution is 2.19. The van der Waals surface area contributed by atoms with Crippen LogP contribution < -0.4 is 10.6 Å². The fourth-order valence-electron chi connectivity index (χ4n) is 3.72. The molecule has 2 aromatic rings. The second-order valence-corrected chi connectivity index (χ2v) is 9.88. The van der Waals surface area contributed by atoms with Crippen LogP contribution in [0.5, 0.6) is 0 Å². The van der Waals surface area contributed by atoms with E-state index in [0.29, 0.717) is 19.6 Å². The fraction of sp³-hybridized carbons (Fsp3) is 0.480. The van der Waals surface area contributed by atoms with Crippen molar-refractivity contribution in [2.24, 2.45) is 0 Å². The number of amides is 2. The van der Waals surface area contributed by atoms with Gasteiger partial charge in [0.2, 0.25) is 10.0 Å². The zero-order valence-corrected chi connectivity index (χ0v) is 21.3. The predicted molar refractivity (Wildman–Crippen MR) is 133 cm³/mol. The number of benzene rings is 2. The Morgan fingerprint density at radius 3 is 2.00 bits per heavy atom. The third kappa shape index (κ3) is 7.28. The van der Waals surface area contributed by atoms with Crippen molar-refractivity contribution in [1.29, 1.82) is 0 Å². The summed E-state index contributed by atoms with van der Waals surface area (Å²) in [6, 6.07) is 14.3. The molecule has 182 valence electrons. The lowest BCUT2D eigenvalue weighted by atomic mass is 10.1. The van der Waals surface area contributed by atoms with Crippen LogP contribution in [0.3, 0.4) is 0 Å². The zero-order chi connectivity index (χ0) is 24.4. The van der Waals surface area contributed by atoms with Crippen LogP contribution in [0.15, 0.2) is 53.4 Å². The number of carbonyl (C=O) groups is 1. The molecule has 1 atom stereocenters. The number of hydrogen-bond acceptors (Lipinski definition) is 4. The average molecular weight is 475 g/mol. The molecule has 7 nitrogen and oxygen atoms in total. The first-order valence-electron chi connectivity index (χ1n) is 11.7. The number of nitrogens with one attached hydrogen (secondary N) is 2. The Kier molecular flexibility index (Phi) is 10.3. The average Bonchev–Trinajstić information content (AvgIpc) is 2.82. The van der Waals surface area contributed by atoms with Crippen LogP contribution in [0.25, 0.3) is 0 Å². The van der Waals surface area contributed by atoms with Crippen molar-refractivity contribution in [3.8, 4) is 0 Å². The summed E-state index contributed by atoms with van der Waals surface area (Å²) in [5.74, 6) is 0. The third-order valence-corrected chi connectivity index (χ3v) is 7.98. The molecule has 0 heterocycles. The normalized spacial score (nSPS) is 12.7. The smallest absolute Gasteiger partial charge is 0.315 e. The van der Waals surface area contributed by atoms with Gasteiger partial charge in [-0.3, -0.25) is 4.90 Å². The highest BCUT2D eigenvalue weighted by atomic mass is 32.2. The molecular formula is C25H38N4O3S. The molecule has 2 aromatic carbocycles. The summed E-state index contributed by atoms with van der Waals surface area (Å²) in [7, 11) is -3.49. The quantitative estimate of drug-likeness (QED) is 0.485. The lowest BCUT2D eigenvalue weighted by Gasteiger charge is -2.21. The van der Waals surface area contributed by atoms with Gasteiger partial charge in [-0.15, -0.1) is 0 Å². The van der Waals surface area contributed by atoms with Crippen LogP contribution >= 0.6 is 0 Å². The first-order chi connectivity index (χ1) is 15.8. The Bertz CT molecular complexity index is 985. The summed E-state index contributed by atoms with van der Waals surface area (Å²) < 4.78 is 26.7. The van der Waals surface area contributed by atoms with Crippen molar-refractivity contribution in [3.63, 3.8) is 0 Å². The van der Waals surface area contributed by atoms with Gasteiger partial charge in [0.05, 0.1) is 10.9 Å². The zero-order valence-electron chi connectivity index (χ0n) is 20.5. The van der Waals surface area contributed by atoms with Gasteiger partial charge >= 0.3 is 6.03 Å². The SMILES string of the molecule is CCN(CC)Cc1ccccc1CNC(=O)N[C@@H](C)c1ccc(S(=O)(=O)N(CC)CC)cc1. The first-order valence-corrected chi connectivity index (χ1v) is 13.1. The monoisotopic (exact) mass is 474 g/mol. The molecule has 0 saturated carbocycles. The number of rotatable bonds is 12. The molecule has 0 saturated heterocycles. The first kappa shape index (κ1) is 26.8. The molecule has 0 aliphatic rings. The van der Waals surface area contributed by atoms with E-state index in [4.69, 9.17) is 0 Å². The van der Waals surface area contributed by atoms with Crippen LogP contribution in [0.1, 0.15) is 57.4 Å². The van der Waals surface area contributed by atoms with E-state index < -0.39 is 10.0 Å². The van der Waals surface area contributed by atoms with E-state index in [1.54, 1.807) is 24.3 Å². The van der Waals surface area contributed by atoms with E-state index in [0.717, 1.165) is 30.8 Å². The van der Waals surface area contributed by atoms with Gasteiger partial charge in [-0.1, -0.05) is 64.1 Å². The Morgan fingerprint density at radius 1 is 0.879 bits per heavy atom. The van der Waals surface area contributed by atoms with Crippen LogP contribution in [-0.2, 0) is 23.1 Å². The molecule has 0 aliphatic carbocycles. The second-order valence-electron chi connectivity index (χ2n) is 7.94. The van der Waals surface area contributed by atoms with Gasteiger partial charge in [0, 0.05) is 26.2 Å². The van der Waals surface area contributed by atoms with Gasteiger partial charge in [0.15, 0.2) is 0 Å². The minimum atomic E-state index is -3.49. The predicted octanol–water partition coefficient (Wildman–Crippen LogP) is 4.12. The van der Waals surface area contributed by atoms with Crippen molar-refractivity contribution in [3.05, 3.63) is 65.2 Å². The van der Waals surface area contributed by atoms with Gasteiger partial charge < -0.3 is 10.6 Å². The van der Waals surface area contributed by atoms with Crippen LogP contribution in [0.2, 0.25) is 0 Å². The summed E-state index contributed by atoms with van der Waals surface area (Å²) in [5.41, 5.74) is 3.14. The summed E-state index contributed by atoms with van der Waals surface area (Å²) in [6.45, 7) is 13.9. The molecular weight excluding hydrogens is 436 g/mol. The van der Waals surface area contributed by atoms with Gasteiger partial charge in [0.1, 0.15) is 0 Å². The Labute approximate surface area is 199 Å². The molecule has 2 N–H and O–H groups in total. The molecule has 8 heteroatoms. The standard InChI is InChI=1S/C25H38N4O3S/c1-6-28(7-2)19-23-13-11-10-12-22(23)18-26-25(30)27-20(5)21-14-16-24(17-15-21)33(31,32)29(8-3)9-4/h10-17,20H,6-9,18-19H2,1-5H3,(H2,26,27,30)/t20-/m0/s1. The van der Waals surface area contributed by atoms with Gasteiger partial charge in [-0.05, 0) is 48.8 Å². The van der Waals surface area contributed by atoms with Crippen LogP contribution in [0.4, 0.5) is 4.79 Å². The van der Waals surface area contributed by atoms with Crippen molar-refractivity contribution >= 4 is 16.1 Å². The van der Waals surface area contributed by atoms with Crippen LogP contribution in [-0.4, -0.2) is 49.8 Å². The van der Waals surface area contributed by atoms with Crippen molar-refractivity contribution < 1.29 is 13.2 Å². The molecule has 0 radical (unpaired) electrons. The maximum Gasteiger partial charge on any atom is 0.315 e. The Balaban J connectivity index is 1.98. The summed E-state index contributed by atoms with van der Waals surface area (Å²) in [5, 5.41) is 5.88. The lowest BCUT2D eigenvalue weighted by Crippen LogP contribution is -2.37.